The summed E-state index contributed by atoms with van der Waals surface area (Å²) in [6, 6.07) is 6.30. The molecule has 2 N–H and O–H groups in total. The molecule has 0 aliphatic carbocycles. The minimum atomic E-state index is -0.421. The van der Waals surface area contributed by atoms with Crippen molar-refractivity contribution in [2.45, 2.75) is 52.6 Å². The number of nitrogens with one attached hydrogen (secondary N) is 1. The zero-order valence-corrected chi connectivity index (χ0v) is 12.2. The van der Waals surface area contributed by atoms with Crippen molar-refractivity contribution >= 4 is 5.91 Å². The summed E-state index contributed by atoms with van der Waals surface area (Å²) < 4.78 is 0. The Morgan fingerprint density at radius 1 is 1.37 bits per heavy atom. The number of hydrogen-bond donors (Lipinski definition) is 2. The van der Waals surface area contributed by atoms with Gasteiger partial charge in [-0.1, -0.05) is 37.1 Å². The highest BCUT2D eigenvalue weighted by Crippen LogP contribution is 2.12. The van der Waals surface area contributed by atoms with Crippen LogP contribution in [0, 0.1) is 13.8 Å². The molecule has 0 aromatic heterocycles. The molecule has 1 rings (SSSR count). The zero-order valence-electron chi connectivity index (χ0n) is 12.2. The van der Waals surface area contributed by atoms with Crippen LogP contribution in [0.1, 0.15) is 42.9 Å². The molecular weight excluding hydrogens is 238 g/mol. The van der Waals surface area contributed by atoms with Gasteiger partial charge in [0.25, 0.3) is 0 Å². The number of carbonyl (C=O) groups excluding carboxylic acids is 1. The molecule has 0 bridgehead atoms. The third-order valence-corrected chi connectivity index (χ3v) is 3.28. The predicted molar refractivity (Wildman–Crippen MR) is 78.2 cm³/mol. The summed E-state index contributed by atoms with van der Waals surface area (Å²) in [7, 11) is 0. The first-order chi connectivity index (χ1) is 9.02. The van der Waals surface area contributed by atoms with Crippen LogP contribution in [0.4, 0.5) is 0 Å². The van der Waals surface area contributed by atoms with Crippen LogP contribution in [0.3, 0.4) is 0 Å². The first-order valence-corrected chi connectivity index (χ1v) is 7.03. The molecular formula is C16H25NO2. The molecule has 106 valence electrons. The predicted octanol–water partition coefficient (Wildman–Crippen LogP) is 2.51. The van der Waals surface area contributed by atoms with Gasteiger partial charge < -0.3 is 10.4 Å². The van der Waals surface area contributed by atoms with Gasteiger partial charge in [-0.05, 0) is 37.8 Å². The van der Waals surface area contributed by atoms with Crippen molar-refractivity contribution < 1.29 is 9.90 Å². The minimum absolute atomic E-state index is 0.00938. The molecule has 1 unspecified atom stereocenters. The van der Waals surface area contributed by atoms with E-state index in [-0.39, 0.29) is 5.91 Å². The minimum Gasteiger partial charge on any atom is -0.391 e. The average molecular weight is 263 g/mol. The SMILES string of the molecule is CCCC(O)CNC(=O)CCc1ccc(C)cc1C. The molecule has 0 saturated heterocycles. The van der Waals surface area contributed by atoms with E-state index in [2.05, 4.69) is 37.4 Å². The summed E-state index contributed by atoms with van der Waals surface area (Å²) in [5.74, 6) is 0.00938. The van der Waals surface area contributed by atoms with Gasteiger partial charge in [0.05, 0.1) is 6.10 Å². The van der Waals surface area contributed by atoms with Crippen LogP contribution in [0.5, 0.6) is 0 Å². The van der Waals surface area contributed by atoms with E-state index in [1.807, 2.05) is 6.92 Å². The van der Waals surface area contributed by atoms with E-state index >= 15 is 0 Å². The fourth-order valence-electron chi connectivity index (χ4n) is 2.13. The largest absolute Gasteiger partial charge is 0.391 e. The average Bonchev–Trinajstić information content (AvgIpc) is 2.35. The van der Waals surface area contributed by atoms with E-state index in [0.717, 1.165) is 19.3 Å². The fourth-order valence-corrected chi connectivity index (χ4v) is 2.13. The second-order valence-corrected chi connectivity index (χ2v) is 5.18. The van der Waals surface area contributed by atoms with Crippen LogP contribution in [-0.4, -0.2) is 23.7 Å². The van der Waals surface area contributed by atoms with E-state index in [1.165, 1.54) is 16.7 Å². The van der Waals surface area contributed by atoms with Gasteiger partial charge in [0.1, 0.15) is 0 Å². The lowest BCUT2D eigenvalue weighted by molar-refractivity contribution is -0.121. The van der Waals surface area contributed by atoms with Crippen molar-refractivity contribution in [3.63, 3.8) is 0 Å². The molecule has 1 aromatic carbocycles. The standard InChI is InChI=1S/C16H25NO2/c1-4-5-15(18)11-17-16(19)9-8-14-7-6-12(2)10-13(14)3/h6-7,10,15,18H,4-5,8-9,11H2,1-3H3,(H,17,19). The number of rotatable bonds is 7. The fraction of sp³-hybridized carbons (Fsp3) is 0.562. The molecule has 0 aliphatic heterocycles. The highest BCUT2D eigenvalue weighted by Gasteiger charge is 2.07. The van der Waals surface area contributed by atoms with Gasteiger partial charge in [-0.3, -0.25) is 4.79 Å². The second kappa shape index (κ2) is 7.95. The molecule has 1 atom stereocenters. The monoisotopic (exact) mass is 263 g/mol. The molecule has 0 aliphatic rings. The molecule has 1 amide bonds. The van der Waals surface area contributed by atoms with Crippen LogP contribution >= 0.6 is 0 Å². The number of aryl methyl sites for hydroxylation is 3. The first kappa shape index (κ1) is 15.7. The second-order valence-electron chi connectivity index (χ2n) is 5.18. The molecule has 0 heterocycles. The first-order valence-electron chi connectivity index (χ1n) is 7.03. The molecule has 0 fully saturated rings. The molecule has 0 saturated carbocycles. The van der Waals surface area contributed by atoms with Gasteiger partial charge in [0.15, 0.2) is 0 Å². The van der Waals surface area contributed by atoms with Crippen molar-refractivity contribution in [2.75, 3.05) is 6.54 Å². The third-order valence-electron chi connectivity index (χ3n) is 3.28. The van der Waals surface area contributed by atoms with E-state index in [9.17, 15) is 9.90 Å². The highest BCUT2D eigenvalue weighted by atomic mass is 16.3. The van der Waals surface area contributed by atoms with Gasteiger partial charge in [-0.15, -0.1) is 0 Å². The highest BCUT2D eigenvalue weighted by molar-refractivity contribution is 5.76. The lowest BCUT2D eigenvalue weighted by Crippen LogP contribution is -2.32. The van der Waals surface area contributed by atoms with Crippen molar-refractivity contribution in [3.05, 3.63) is 34.9 Å². The van der Waals surface area contributed by atoms with Crippen LogP contribution in [0.2, 0.25) is 0 Å². The molecule has 3 heteroatoms. The summed E-state index contributed by atoms with van der Waals surface area (Å²) >= 11 is 0. The van der Waals surface area contributed by atoms with Crippen molar-refractivity contribution in [1.82, 2.24) is 5.32 Å². The molecule has 19 heavy (non-hydrogen) atoms. The number of benzene rings is 1. The summed E-state index contributed by atoms with van der Waals surface area (Å²) in [4.78, 5) is 11.7. The smallest absolute Gasteiger partial charge is 0.220 e. The zero-order chi connectivity index (χ0) is 14.3. The number of amides is 1. The number of aliphatic hydroxyl groups excluding tert-OH is 1. The lowest BCUT2D eigenvalue weighted by atomic mass is 10.0. The summed E-state index contributed by atoms with van der Waals surface area (Å²) in [5, 5.41) is 12.3. The third kappa shape index (κ3) is 5.88. The van der Waals surface area contributed by atoms with Gasteiger partial charge >= 0.3 is 0 Å². The van der Waals surface area contributed by atoms with Gasteiger partial charge in [-0.25, -0.2) is 0 Å². The Kier molecular flexibility index (Phi) is 6.57. The lowest BCUT2D eigenvalue weighted by Gasteiger charge is -2.11. The Hall–Kier alpha value is -1.35. The molecule has 3 nitrogen and oxygen atoms in total. The quantitative estimate of drug-likeness (QED) is 0.794. The van der Waals surface area contributed by atoms with Crippen molar-refractivity contribution in [1.29, 1.82) is 0 Å². The Labute approximate surface area is 116 Å². The van der Waals surface area contributed by atoms with E-state index in [0.29, 0.717) is 13.0 Å². The summed E-state index contributed by atoms with van der Waals surface area (Å²) in [6.45, 7) is 6.52. The van der Waals surface area contributed by atoms with Gasteiger partial charge in [0.2, 0.25) is 5.91 Å². The van der Waals surface area contributed by atoms with Crippen LogP contribution in [0.25, 0.3) is 0 Å². The number of aliphatic hydroxyl groups is 1. The number of hydrogen-bond acceptors (Lipinski definition) is 2. The van der Waals surface area contributed by atoms with Crippen molar-refractivity contribution in [3.8, 4) is 0 Å². The van der Waals surface area contributed by atoms with Crippen LogP contribution < -0.4 is 5.32 Å². The maximum Gasteiger partial charge on any atom is 0.220 e. The Balaban J connectivity index is 2.33. The number of carbonyl (C=O) groups is 1. The van der Waals surface area contributed by atoms with Crippen molar-refractivity contribution in [2.24, 2.45) is 0 Å². The normalized spacial score (nSPS) is 12.2. The summed E-state index contributed by atoms with van der Waals surface area (Å²) in [6.07, 6.45) is 2.47. The van der Waals surface area contributed by atoms with Crippen LogP contribution in [-0.2, 0) is 11.2 Å². The Morgan fingerprint density at radius 2 is 2.11 bits per heavy atom. The Bertz CT molecular complexity index is 415. The Morgan fingerprint density at radius 3 is 2.74 bits per heavy atom. The van der Waals surface area contributed by atoms with E-state index < -0.39 is 6.10 Å². The molecule has 1 aromatic rings. The molecule has 0 radical (unpaired) electrons. The van der Waals surface area contributed by atoms with Crippen LogP contribution in [0.15, 0.2) is 18.2 Å². The topological polar surface area (TPSA) is 49.3 Å². The summed E-state index contributed by atoms with van der Waals surface area (Å²) in [5.41, 5.74) is 3.70. The maximum atomic E-state index is 11.7. The van der Waals surface area contributed by atoms with E-state index in [4.69, 9.17) is 0 Å². The molecule has 0 spiro atoms. The van der Waals surface area contributed by atoms with E-state index in [1.54, 1.807) is 0 Å². The maximum absolute atomic E-state index is 11.7. The van der Waals surface area contributed by atoms with Gasteiger partial charge in [0, 0.05) is 13.0 Å². The van der Waals surface area contributed by atoms with Gasteiger partial charge in [-0.2, -0.15) is 0 Å².